The van der Waals surface area contributed by atoms with Gasteiger partial charge in [0.15, 0.2) is 0 Å². The zero-order valence-electron chi connectivity index (χ0n) is 9.06. The average Bonchev–Trinajstić information content (AvgIpc) is 2.72. The van der Waals surface area contributed by atoms with Crippen LogP contribution >= 0.6 is 11.3 Å². The lowest BCUT2D eigenvalue weighted by Crippen LogP contribution is -2.41. The van der Waals surface area contributed by atoms with Crippen LogP contribution in [-0.2, 0) is 4.84 Å². The molecule has 2 atom stereocenters. The minimum absolute atomic E-state index is 0.0988. The first-order chi connectivity index (χ1) is 7.29. The van der Waals surface area contributed by atoms with Crippen LogP contribution in [0.1, 0.15) is 30.7 Å². The first kappa shape index (κ1) is 11.1. The van der Waals surface area contributed by atoms with Gasteiger partial charge in [-0.05, 0) is 31.2 Å². The molecule has 0 radical (unpaired) electrons. The minimum Gasteiger partial charge on any atom is -0.326 e. The van der Waals surface area contributed by atoms with Gasteiger partial charge < -0.3 is 5.73 Å². The molecule has 0 aromatic carbocycles. The third-order valence-electron chi connectivity index (χ3n) is 2.67. The molecule has 0 amide bonds. The standard InChI is InChI=1S/C11H18N2OS/c1-9(12)11(10-5-4-8-15-10)13-6-2-3-7-14-13/h4-5,8-9,11H,2-3,6-7,12H2,1H3. The van der Waals surface area contributed by atoms with Crippen LogP contribution in [0.25, 0.3) is 0 Å². The summed E-state index contributed by atoms with van der Waals surface area (Å²) in [5.41, 5.74) is 6.04. The van der Waals surface area contributed by atoms with Crippen molar-refractivity contribution in [2.45, 2.75) is 31.8 Å². The van der Waals surface area contributed by atoms with Crippen molar-refractivity contribution in [3.63, 3.8) is 0 Å². The van der Waals surface area contributed by atoms with Crippen LogP contribution in [0.3, 0.4) is 0 Å². The highest BCUT2D eigenvalue weighted by Gasteiger charge is 2.27. The van der Waals surface area contributed by atoms with E-state index in [2.05, 4.69) is 22.6 Å². The molecule has 1 fully saturated rings. The van der Waals surface area contributed by atoms with E-state index in [1.807, 2.05) is 6.92 Å². The summed E-state index contributed by atoms with van der Waals surface area (Å²) < 4.78 is 0. The highest BCUT2D eigenvalue weighted by molar-refractivity contribution is 7.10. The Hall–Kier alpha value is -0.420. The fraction of sp³-hybridized carbons (Fsp3) is 0.636. The Morgan fingerprint density at radius 3 is 2.93 bits per heavy atom. The molecule has 1 aliphatic rings. The van der Waals surface area contributed by atoms with E-state index >= 15 is 0 Å². The molecule has 2 N–H and O–H groups in total. The molecule has 2 heterocycles. The van der Waals surface area contributed by atoms with Gasteiger partial charge in [0.05, 0.1) is 12.6 Å². The smallest absolute Gasteiger partial charge is 0.0842 e. The van der Waals surface area contributed by atoms with Gasteiger partial charge in [-0.3, -0.25) is 4.84 Å². The van der Waals surface area contributed by atoms with Gasteiger partial charge in [-0.25, -0.2) is 0 Å². The van der Waals surface area contributed by atoms with Crippen LogP contribution in [0.2, 0.25) is 0 Å². The average molecular weight is 226 g/mol. The van der Waals surface area contributed by atoms with E-state index in [9.17, 15) is 0 Å². The molecule has 0 aliphatic carbocycles. The normalized spacial score (nSPS) is 22.5. The topological polar surface area (TPSA) is 38.5 Å². The van der Waals surface area contributed by atoms with Gasteiger partial charge in [0.2, 0.25) is 0 Å². The molecule has 1 saturated heterocycles. The van der Waals surface area contributed by atoms with Gasteiger partial charge in [-0.2, -0.15) is 5.06 Å². The zero-order valence-corrected chi connectivity index (χ0v) is 9.87. The molecule has 1 aliphatic heterocycles. The molecule has 2 unspecified atom stereocenters. The van der Waals surface area contributed by atoms with Gasteiger partial charge >= 0.3 is 0 Å². The maximum Gasteiger partial charge on any atom is 0.0842 e. The van der Waals surface area contributed by atoms with Crippen molar-refractivity contribution in [2.24, 2.45) is 5.73 Å². The Morgan fingerprint density at radius 1 is 1.53 bits per heavy atom. The number of hydrogen-bond donors (Lipinski definition) is 1. The molecule has 2 rings (SSSR count). The first-order valence-electron chi connectivity index (χ1n) is 5.47. The Kier molecular flexibility index (Phi) is 3.75. The van der Waals surface area contributed by atoms with Crippen molar-refractivity contribution < 1.29 is 4.84 Å². The summed E-state index contributed by atoms with van der Waals surface area (Å²) >= 11 is 1.75. The van der Waals surface area contributed by atoms with Crippen molar-refractivity contribution in [2.75, 3.05) is 13.2 Å². The third kappa shape index (κ3) is 2.58. The predicted octanol–water partition coefficient (Wildman–Crippen LogP) is 2.16. The molecular weight excluding hydrogens is 208 g/mol. The highest BCUT2D eigenvalue weighted by atomic mass is 32.1. The number of rotatable bonds is 3. The maximum atomic E-state index is 6.04. The Bertz CT molecular complexity index is 281. The number of thiophene rings is 1. The van der Waals surface area contributed by atoms with Crippen molar-refractivity contribution in [1.82, 2.24) is 5.06 Å². The summed E-state index contributed by atoms with van der Waals surface area (Å²) in [7, 11) is 0. The number of nitrogens with zero attached hydrogens (tertiary/aromatic N) is 1. The van der Waals surface area contributed by atoms with Gasteiger partial charge in [0.1, 0.15) is 0 Å². The molecule has 4 heteroatoms. The zero-order chi connectivity index (χ0) is 10.7. The van der Waals surface area contributed by atoms with E-state index in [-0.39, 0.29) is 12.1 Å². The molecular formula is C11H18N2OS. The monoisotopic (exact) mass is 226 g/mol. The SMILES string of the molecule is CC(N)C(c1cccs1)N1CCCCO1. The van der Waals surface area contributed by atoms with Crippen LogP contribution < -0.4 is 5.73 Å². The second-order valence-electron chi connectivity index (χ2n) is 4.00. The summed E-state index contributed by atoms with van der Waals surface area (Å²) in [6, 6.07) is 4.52. The second-order valence-corrected chi connectivity index (χ2v) is 4.98. The van der Waals surface area contributed by atoms with E-state index in [1.165, 1.54) is 11.3 Å². The summed E-state index contributed by atoms with van der Waals surface area (Å²) in [4.78, 5) is 6.98. The molecule has 0 saturated carbocycles. The van der Waals surface area contributed by atoms with E-state index in [4.69, 9.17) is 10.6 Å². The van der Waals surface area contributed by atoms with E-state index < -0.39 is 0 Å². The molecule has 84 valence electrons. The summed E-state index contributed by atoms with van der Waals surface area (Å²) in [6.07, 6.45) is 2.36. The molecule has 1 aromatic rings. The maximum absolute atomic E-state index is 6.04. The van der Waals surface area contributed by atoms with Crippen molar-refractivity contribution in [3.8, 4) is 0 Å². The lowest BCUT2D eigenvalue weighted by molar-refractivity contribution is -0.210. The fourth-order valence-electron chi connectivity index (χ4n) is 1.96. The quantitative estimate of drug-likeness (QED) is 0.858. The number of nitrogens with two attached hydrogens (primary N) is 1. The Balaban J connectivity index is 2.12. The van der Waals surface area contributed by atoms with E-state index in [0.29, 0.717) is 0 Å². The molecule has 0 spiro atoms. The van der Waals surface area contributed by atoms with Crippen LogP contribution in [0.15, 0.2) is 17.5 Å². The van der Waals surface area contributed by atoms with E-state index in [0.717, 1.165) is 19.6 Å². The Labute approximate surface area is 94.8 Å². The number of hydrogen-bond acceptors (Lipinski definition) is 4. The second kappa shape index (κ2) is 5.07. The minimum atomic E-state index is 0.0988. The van der Waals surface area contributed by atoms with Gasteiger partial charge in [-0.1, -0.05) is 6.07 Å². The van der Waals surface area contributed by atoms with Gasteiger partial charge in [-0.15, -0.1) is 11.3 Å². The largest absolute Gasteiger partial charge is 0.326 e. The third-order valence-corrected chi connectivity index (χ3v) is 3.62. The van der Waals surface area contributed by atoms with Gasteiger partial charge in [0.25, 0.3) is 0 Å². The molecule has 0 bridgehead atoms. The van der Waals surface area contributed by atoms with E-state index in [1.54, 1.807) is 11.3 Å². The van der Waals surface area contributed by atoms with Crippen LogP contribution in [0, 0.1) is 0 Å². The first-order valence-corrected chi connectivity index (χ1v) is 6.35. The molecule has 15 heavy (non-hydrogen) atoms. The summed E-state index contributed by atoms with van der Waals surface area (Å²) in [5, 5.41) is 4.15. The van der Waals surface area contributed by atoms with Crippen LogP contribution in [0.5, 0.6) is 0 Å². The van der Waals surface area contributed by atoms with Crippen LogP contribution in [-0.4, -0.2) is 24.3 Å². The highest BCUT2D eigenvalue weighted by Crippen LogP contribution is 2.29. The van der Waals surface area contributed by atoms with Crippen molar-refractivity contribution >= 4 is 11.3 Å². The lowest BCUT2D eigenvalue weighted by Gasteiger charge is -2.35. The predicted molar refractivity (Wildman–Crippen MR) is 62.6 cm³/mol. The fourth-order valence-corrected chi connectivity index (χ4v) is 2.90. The molecule has 1 aromatic heterocycles. The number of hydroxylamine groups is 2. The van der Waals surface area contributed by atoms with Gasteiger partial charge in [0, 0.05) is 17.5 Å². The summed E-state index contributed by atoms with van der Waals surface area (Å²) in [5.74, 6) is 0. The van der Waals surface area contributed by atoms with Crippen LogP contribution in [0.4, 0.5) is 0 Å². The van der Waals surface area contributed by atoms with Crippen molar-refractivity contribution in [1.29, 1.82) is 0 Å². The summed E-state index contributed by atoms with van der Waals surface area (Å²) in [6.45, 7) is 3.86. The Morgan fingerprint density at radius 2 is 2.40 bits per heavy atom. The molecule has 3 nitrogen and oxygen atoms in total. The lowest BCUT2D eigenvalue weighted by atomic mass is 10.1. The van der Waals surface area contributed by atoms with Crippen molar-refractivity contribution in [3.05, 3.63) is 22.4 Å².